The zero-order valence-electron chi connectivity index (χ0n) is 5.50. The van der Waals surface area contributed by atoms with Gasteiger partial charge in [0.25, 0.3) is 0 Å². The summed E-state index contributed by atoms with van der Waals surface area (Å²) in [5.74, 6) is 0. The lowest BCUT2D eigenvalue weighted by atomic mass is 10.4. The molecule has 0 bridgehead atoms. The molecule has 0 unspecified atom stereocenters. The van der Waals surface area contributed by atoms with Crippen LogP contribution < -0.4 is 0 Å². The van der Waals surface area contributed by atoms with Crippen molar-refractivity contribution >= 4 is 11.6 Å². The van der Waals surface area contributed by atoms with Crippen molar-refractivity contribution in [3.05, 3.63) is 28.3 Å². The molecule has 0 radical (unpaired) electrons. The van der Waals surface area contributed by atoms with Gasteiger partial charge in [0.05, 0.1) is 11.8 Å². The van der Waals surface area contributed by atoms with Crippen molar-refractivity contribution < 1.29 is 0 Å². The van der Waals surface area contributed by atoms with E-state index in [1.54, 1.807) is 17.9 Å². The van der Waals surface area contributed by atoms with Crippen molar-refractivity contribution in [1.29, 1.82) is 0 Å². The highest BCUT2D eigenvalue weighted by Gasteiger charge is 2.06. The van der Waals surface area contributed by atoms with Crippen LogP contribution in [0.4, 0.5) is 0 Å². The molecule has 0 aliphatic heterocycles. The van der Waals surface area contributed by atoms with Crippen LogP contribution in [0, 0.1) is 6.57 Å². The van der Waals surface area contributed by atoms with Gasteiger partial charge in [0, 0.05) is 7.05 Å². The molecule has 1 heterocycles. The zero-order chi connectivity index (χ0) is 7.56. The Morgan fingerprint density at radius 1 is 1.90 bits per heavy atom. The molecule has 0 fully saturated rings. The maximum Gasteiger partial charge on any atom is 0.244 e. The lowest BCUT2D eigenvalue weighted by Gasteiger charge is -1.88. The fourth-order valence-electron chi connectivity index (χ4n) is 0.659. The third kappa shape index (κ3) is 1.12. The average Bonchev–Trinajstić information content (AvgIpc) is 2.20. The van der Waals surface area contributed by atoms with Gasteiger partial charge >= 0.3 is 0 Å². The normalized spacial score (nSPS) is 9.30. The molecule has 1 aromatic rings. The smallest absolute Gasteiger partial charge is 0.244 e. The molecule has 0 aliphatic carbocycles. The molecule has 0 aliphatic rings. The molecule has 1 aromatic heterocycles. The lowest BCUT2D eigenvalue weighted by molar-refractivity contribution is 0.768. The summed E-state index contributed by atoms with van der Waals surface area (Å²) >= 11 is 5.74. The molecule has 0 saturated carbocycles. The van der Waals surface area contributed by atoms with Gasteiger partial charge < -0.3 is 4.85 Å². The number of halogens is 1. The van der Waals surface area contributed by atoms with E-state index in [2.05, 4.69) is 9.94 Å². The van der Waals surface area contributed by atoms with Crippen LogP contribution in [0.3, 0.4) is 0 Å². The van der Waals surface area contributed by atoms with Gasteiger partial charge in [-0.3, -0.25) is 4.68 Å². The molecule has 0 atom stereocenters. The summed E-state index contributed by atoms with van der Waals surface area (Å²) in [6, 6.07) is 0. The van der Waals surface area contributed by atoms with Crippen molar-refractivity contribution in [2.24, 2.45) is 7.05 Å². The molecular weight excluding hydrogens is 150 g/mol. The molecule has 0 spiro atoms. The first-order valence-electron chi connectivity index (χ1n) is 2.75. The van der Waals surface area contributed by atoms with Crippen LogP contribution in [-0.2, 0) is 13.6 Å². The quantitative estimate of drug-likeness (QED) is 0.564. The SMILES string of the molecule is [C-]#[N+]Cc1cnn(C)c1Cl. The van der Waals surface area contributed by atoms with E-state index in [1.165, 1.54) is 0 Å². The summed E-state index contributed by atoms with van der Waals surface area (Å²) in [6.45, 7) is 6.89. The fraction of sp³-hybridized carbons (Fsp3) is 0.333. The van der Waals surface area contributed by atoms with Gasteiger partial charge in [-0.25, -0.2) is 6.57 Å². The summed E-state index contributed by atoms with van der Waals surface area (Å²) in [6.07, 6.45) is 1.61. The Balaban J connectivity index is 2.96. The van der Waals surface area contributed by atoms with E-state index in [0.29, 0.717) is 11.7 Å². The average molecular weight is 156 g/mol. The number of rotatable bonds is 1. The summed E-state index contributed by atoms with van der Waals surface area (Å²) < 4.78 is 1.54. The van der Waals surface area contributed by atoms with Crippen LogP contribution in [-0.4, -0.2) is 9.78 Å². The highest BCUT2D eigenvalue weighted by atomic mass is 35.5. The van der Waals surface area contributed by atoms with Gasteiger partial charge in [0.15, 0.2) is 0 Å². The molecule has 0 saturated heterocycles. The summed E-state index contributed by atoms with van der Waals surface area (Å²) in [5, 5.41) is 4.43. The predicted molar refractivity (Wildman–Crippen MR) is 38.5 cm³/mol. The Morgan fingerprint density at radius 3 is 3.00 bits per heavy atom. The van der Waals surface area contributed by atoms with E-state index in [-0.39, 0.29) is 0 Å². The molecule has 0 amide bonds. The van der Waals surface area contributed by atoms with Crippen molar-refractivity contribution in [2.45, 2.75) is 6.54 Å². The van der Waals surface area contributed by atoms with Gasteiger partial charge in [-0.05, 0) is 0 Å². The second-order valence-corrected chi connectivity index (χ2v) is 2.26. The summed E-state index contributed by atoms with van der Waals surface area (Å²) in [7, 11) is 1.75. The van der Waals surface area contributed by atoms with Crippen molar-refractivity contribution in [3.8, 4) is 0 Å². The van der Waals surface area contributed by atoms with Crippen molar-refractivity contribution in [1.82, 2.24) is 9.78 Å². The molecule has 0 aromatic carbocycles. The van der Waals surface area contributed by atoms with Crippen LogP contribution in [0.25, 0.3) is 4.85 Å². The van der Waals surface area contributed by atoms with Gasteiger partial charge in [-0.2, -0.15) is 5.10 Å². The Labute approximate surface area is 64.0 Å². The standard InChI is InChI=1S/C6H6ClN3/c1-8-3-5-4-9-10(2)6(5)7/h4H,3H2,2H3. The fourth-order valence-corrected chi connectivity index (χ4v) is 0.812. The van der Waals surface area contributed by atoms with E-state index < -0.39 is 0 Å². The third-order valence-electron chi connectivity index (χ3n) is 1.19. The van der Waals surface area contributed by atoms with Crippen molar-refractivity contribution in [2.75, 3.05) is 0 Å². The Hall–Kier alpha value is -1.01. The number of hydrogen-bond acceptors (Lipinski definition) is 1. The molecule has 1 rings (SSSR count). The second kappa shape index (κ2) is 2.72. The first kappa shape index (κ1) is 7.10. The second-order valence-electron chi connectivity index (χ2n) is 1.90. The molecule has 52 valence electrons. The van der Waals surface area contributed by atoms with Gasteiger partial charge in [0.1, 0.15) is 5.15 Å². The Bertz CT molecular complexity index is 271. The first-order valence-corrected chi connectivity index (χ1v) is 3.13. The minimum atomic E-state index is 0.312. The van der Waals surface area contributed by atoms with Crippen LogP contribution >= 0.6 is 11.6 Å². The minimum absolute atomic E-state index is 0.312. The predicted octanol–water partition coefficient (Wildman–Crippen LogP) is 1.49. The highest BCUT2D eigenvalue weighted by molar-refractivity contribution is 6.30. The molecule has 0 N–H and O–H groups in total. The maximum absolute atomic E-state index is 6.58. The van der Waals surface area contributed by atoms with E-state index in [1.807, 2.05) is 0 Å². The van der Waals surface area contributed by atoms with Crippen LogP contribution in [0.15, 0.2) is 6.20 Å². The lowest BCUT2D eigenvalue weighted by Crippen LogP contribution is -1.88. The molecule has 4 heteroatoms. The maximum atomic E-state index is 6.58. The van der Waals surface area contributed by atoms with Crippen LogP contribution in [0.5, 0.6) is 0 Å². The van der Waals surface area contributed by atoms with Crippen molar-refractivity contribution in [3.63, 3.8) is 0 Å². The zero-order valence-corrected chi connectivity index (χ0v) is 6.26. The van der Waals surface area contributed by atoms with Gasteiger partial charge in [0.2, 0.25) is 6.54 Å². The van der Waals surface area contributed by atoms with E-state index >= 15 is 0 Å². The Morgan fingerprint density at radius 2 is 2.60 bits per heavy atom. The van der Waals surface area contributed by atoms with Gasteiger partial charge in [-0.15, -0.1) is 0 Å². The van der Waals surface area contributed by atoms with Gasteiger partial charge in [-0.1, -0.05) is 11.6 Å². The number of aromatic nitrogens is 2. The van der Waals surface area contributed by atoms with Crippen LogP contribution in [0.1, 0.15) is 5.56 Å². The molecule has 10 heavy (non-hydrogen) atoms. The molecule has 3 nitrogen and oxygen atoms in total. The molecular formula is C6H6ClN3. The topological polar surface area (TPSA) is 22.2 Å². The van der Waals surface area contributed by atoms with E-state index in [9.17, 15) is 0 Å². The van der Waals surface area contributed by atoms with E-state index in [0.717, 1.165) is 5.56 Å². The Kier molecular flexibility index (Phi) is 1.93. The first-order chi connectivity index (χ1) is 4.75. The van der Waals surface area contributed by atoms with Crippen LogP contribution in [0.2, 0.25) is 5.15 Å². The summed E-state index contributed by atoms with van der Waals surface area (Å²) in [5.41, 5.74) is 0.791. The number of aryl methyl sites for hydroxylation is 1. The highest BCUT2D eigenvalue weighted by Crippen LogP contribution is 2.14. The summed E-state index contributed by atoms with van der Waals surface area (Å²) in [4.78, 5) is 3.19. The number of hydrogen-bond donors (Lipinski definition) is 0. The largest absolute Gasteiger partial charge is 0.312 e. The minimum Gasteiger partial charge on any atom is -0.312 e. The monoisotopic (exact) mass is 155 g/mol. The third-order valence-corrected chi connectivity index (χ3v) is 1.67. The van der Waals surface area contributed by atoms with E-state index in [4.69, 9.17) is 18.2 Å². The number of nitrogens with zero attached hydrogens (tertiary/aromatic N) is 3.